The topological polar surface area (TPSA) is 46.9 Å². The van der Waals surface area contributed by atoms with E-state index in [1.807, 2.05) is 24.3 Å². The lowest BCUT2D eigenvalue weighted by atomic mass is 9.81. The third-order valence-electron chi connectivity index (χ3n) is 6.37. The molecule has 2 aromatic carbocycles. The highest BCUT2D eigenvalue weighted by Gasteiger charge is 2.32. The number of aromatic nitrogens is 2. The second-order valence-corrected chi connectivity index (χ2v) is 9.14. The fourth-order valence-corrected chi connectivity index (χ4v) is 4.07. The molecule has 0 bridgehead atoms. The molecule has 1 aromatic heterocycles. The van der Waals surface area contributed by atoms with E-state index in [-0.39, 0.29) is 22.9 Å². The zero-order chi connectivity index (χ0) is 20.1. The molecule has 0 amide bonds. The molecule has 4 rings (SSSR count). The number of hydrogen-bond acceptors (Lipinski definition) is 3. The average molecular weight is 376 g/mol. The second-order valence-electron chi connectivity index (χ2n) is 9.14. The molecule has 0 saturated carbocycles. The third kappa shape index (κ3) is 3.11. The minimum Gasteiger partial charge on any atom is -0.317 e. The van der Waals surface area contributed by atoms with Crippen molar-refractivity contribution in [3.8, 4) is 0 Å². The van der Waals surface area contributed by atoms with E-state index < -0.39 is 0 Å². The molecule has 0 aliphatic heterocycles. The van der Waals surface area contributed by atoms with Gasteiger partial charge >= 0.3 is 0 Å². The van der Waals surface area contributed by atoms with Crippen LogP contribution in [0.1, 0.15) is 63.4 Å². The Morgan fingerprint density at radius 2 is 1.79 bits per heavy atom. The van der Waals surface area contributed by atoms with E-state index in [0.717, 1.165) is 17.8 Å². The first-order valence-corrected chi connectivity index (χ1v) is 10.1. The SMILES string of the molecule is CC(c1nc2ccccc2c(=O)n1N[C@@H]1Cc2ccccc2[C@H]1C)C(C)(C)C. The van der Waals surface area contributed by atoms with Crippen molar-refractivity contribution >= 4 is 10.9 Å². The first-order chi connectivity index (χ1) is 13.3. The van der Waals surface area contributed by atoms with E-state index in [9.17, 15) is 4.79 Å². The molecule has 0 saturated heterocycles. The van der Waals surface area contributed by atoms with E-state index >= 15 is 0 Å². The molecule has 1 aliphatic rings. The predicted octanol–water partition coefficient (Wildman–Crippen LogP) is 4.82. The molecule has 1 heterocycles. The number of nitrogens with one attached hydrogen (secondary N) is 1. The summed E-state index contributed by atoms with van der Waals surface area (Å²) in [5.74, 6) is 1.27. The molecular weight excluding hydrogens is 346 g/mol. The van der Waals surface area contributed by atoms with Gasteiger partial charge in [0.05, 0.1) is 16.9 Å². The summed E-state index contributed by atoms with van der Waals surface area (Å²) in [6.45, 7) is 11.0. The molecule has 3 aromatic rings. The standard InChI is InChI=1S/C24H29N3O/c1-15-18-11-7-6-10-17(18)14-21(15)26-27-22(16(2)24(3,4)5)25-20-13-9-8-12-19(20)23(27)28/h6-13,15-16,21,26H,14H2,1-5H3/t15-,16?,21-/m1/s1. The van der Waals surface area contributed by atoms with Gasteiger partial charge in [0.15, 0.2) is 0 Å². The van der Waals surface area contributed by atoms with Gasteiger partial charge in [-0.15, -0.1) is 0 Å². The molecule has 3 atom stereocenters. The van der Waals surface area contributed by atoms with Gasteiger partial charge in [0.25, 0.3) is 5.56 Å². The Kier molecular flexibility index (Phi) is 4.53. The summed E-state index contributed by atoms with van der Waals surface area (Å²) in [5.41, 5.74) is 7.03. The molecular formula is C24H29N3O. The van der Waals surface area contributed by atoms with Crippen molar-refractivity contribution in [3.63, 3.8) is 0 Å². The third-order valence-corrected chi connectivity index (χ3v) is 6.37. The molecule has 1 aliphatic carbocycles. The van der Waals surface area contributed by atoms with E-state index in [2.05, 4.69) is 64.3 Å². The lowest BCUT2D eigenvalue weighted by Gasteiger charge is -2.31. The minimum atomic E-state index is -0.0140. The van der Waals surface area contributed by atoms with Gasteiger partial charge in [-0.3, -0.25) is 4.79 Å². The Morgan fingerprint density at radius 1 is 1.11 bits per heavy atom. The smallest absolute Gasteiger partial charge is 0.279 e. The number of nitrogens with zero attached hydrogens (tertiary/aromatic N) is 2. The molecule has 28 heavy (non-hydrogen) atoms. The van der Waals surface area contributed by atoms with Gasteiger partial charge in [0.1, 0.15) is 5.82 Å². The highest BCUT2D eigenvalue weighted by Crippen LogP contribution is 2.35. The highest BCUT2D eigenvalue weighted by molar-refractivity contribution is 5.77. The molecule has 0 fully saturated rings. The Bertz CT molecular complexity index is 1080. The van der Waals surface area contributed by atoms with Gasteiger partial charge in [-0.2, -0.15) is 0 Å². The minimum absolute atomic E-state index is 0.00438. The number of benzene rings is 2. The van der Waals surface area contributed by atoms with Crippen LogP contribution in [-0.2, 0) is 6.42 Å². The summed E-state index contributed by atoms with van der Waals surface area (Å²) < 4.78 is 1.73. The first kappa shape index (κ1) is 18.7. The van der Waals surface area contributed by atoms with Gasteiger partial charge in [-0.25, -0.2) is 9.66 Å². The van der Waals surface area contributed by atoms with Crippen LogP contribution >= 0.6 is 0 Å². The van der Waals surface area contributed by atoms with Crippen LogP contribution in [0.15, 0.2) is 53.3 Å². The maximum Gasteiger partial charge on any atom is 0.279 e. The molecule has 0 spiro atoms. The second kappa shape index (κ2) is 6.77. The number of para-hydroxylation sites is 1. The fraction of sp³-hybridized carbons (Fsp3) is 0.417. The molecule has 0 radical (unpaired) electrons. The summed E-state index contributed by atoms with van der Waals surface area (Å²) in [5, 5.41) is 0.656. The quantitative estimate of drug-likeness (QED) is 0.714. The van der Waals surface area contributed by atoms with Crippen LogP contribution in [0, 0.1) is 5.41 Å². The predicted molar refractivity (Wildman–Crippen MR) is 116 cm³/mol. The van der Waals surface area contributed by atoms with Crippen LogP contribution in [0.25, 0.3) is 10.9 Å². The van der Waals surface area contributed by atoms with Crippen LogP contribution in [0.2, 0.25) is 0 Å². The number of hydrogen-bond donors (Lipinski definition) is 1. The van der Waals surface area contributed by atoms with Gasteiger partial charge in [-0.1, -0.05) is 71.0 Å². The summed E-state index contributed by atoms with van der Waals surface area (Å²) in [7, 11) is 0. The molecule has 146 valence electrons. The zero-order valence-corrected chi connectivity index (χ0v) is 17.4. The maximum absolute atomic E-state index is 13.4. The Morgan fingerprint density at radius 3 is 2.50 bits per heavy atom. The lowest BCUT2D eigenvalue weighted by Crippen LogP contribution is -2.41. The lowest BCUT2D eigenvalue weighted by molar-refractivity contribution is 0.319. The normalized spacial score (nSPS) is 20.2. The van der Waals surface area contributed by atoms with Crippen molar-refractivity contribution in [3.05, 3.63) is 75.8 Å². The number of rotatable bonds is 3. The van der Waals surface area contributed by atoms with E-state index in [4.69, 9.17) is 4.98 Å². The summed E-state index contributed by atoms with van der Waals surface area (Å²) in [4.78, 5) is 18.3. The van der Waals surface area contributed by atoms with Crippen molar-refractivity contribution < 1.29 is 0 Å². The molecule has 1 N–H and O–H groups in total. The largest absolute Gasteiger partial charge is 0.317 e. The fourth-order valence-electron chi connectivity index (χ4n) is 4.07. The van der Waals surface area contributed by atoms with Crippen molar-refractivity contribution in [1.29, 1.82) is 0 Å². The van der Waals surface area contributed by atoms with Crippen LogP contribution in [0.3, 0.4) is 0 Å². The summed E-state index contributed by atoms with van der Waals surface area (Å²) in [6, 6.07) is 16.4. The van der Waals surface area contributed by atoms with E-state index in [1.165, 1.54) is 11.1 Å². The van der Waals surface area contributed by atoms with Crippen LogP contribution in [-0.4, -0.2) is 15.7 Å². The van der Waals surface area contributed by atoms with Crippen molar-refractivity contribution in [2.75, 3.05) is 5.43 Å². The van der Waals surface area contributed by atoms with Crippen LogP contribution < -0.4 is 11.0 Å². The van der Waals surface area contributed by atoms with Crippen molar-refractivity contribution in [2.45, 2.75) is 58.9 Å². The Labute approximate surface area is 166 Å². The maximum atomic E-state index is 13.4. The summed E-state index contributed by atoms with van der Waals surface area (Å²) in [6.07, 6.45) is 0.917. The Hall–Kier alpha value is -2.62. The van der Waals surface area contributed by atoms with Crippen molar-refractivity contribution in [2.24, 2.45) is 5.41 Å². The van der Waals surface area contributed by atoms with Gasteiger partial charge in [-0.05, 0) is 35.1 Å². The molecule has 4 nitrogen and oxygen atoms in total. The van der Waals surface area contributed by atoms with Crippen LogP contribution in [0.4, 0.5) is 0 Å². The summed E-state index contributed by atoms with van der Waals surface area (Å²) >= 11 is 0. The first-order valence-electron chi connectivity index (χ1n) is 10.1. The monoisotopic (exact) mass is 375 g/mol. The average Bonchev–Trinajstić information content (AvgIpc) is 2.98. The van der Waals surface area contributed by atoms with Gasteiger partial charge in [0.2, 0.25) is 0 Å². The van der Waals surface area contributed by atoms with Crippen LogP contribution in [0.5, 0.6) is 0 Å². The van der Waals surface area contributed by atoms with E-state index in [0.29, 0.717) is 11.3 Å². The van der Waals surface area contributed by atoms with Gasteiger partial charge in [0, 0.05) is 11.8 Å². The Balaban J connectivity index is 1.82. The van der Waals surface area contributed by atoms with E-state index in [1.54, 1.807) is 4.68 Å². The molecule has 4 heteroatoms. The van der Waals surface area contributed by atoms with Crippen molar-refractivity contribution in [1.82, 2.24) is 9.66 Å². The van der Waals surface area contributed by atoms with Gasteiger partial charge < -0.3 is 5.43 Å². The number of fused-ring (bicyclic) bond motifs is 2. The molecule has 1 unspecified atom stereocenters. The zero-order valence-electron chi connectivity index (χ0n) is 17.4. The highest BCUT2D eigenvalue weighted by atomic mass is 16.1.